The fraction of sp³-hybridized carbons (Fsp3) is 0.286. The molecule has 36 heavy (non-hydrogen) atoms. The molecule has 0 spiro atoms. The van der Waals surface area contributed by atoms with Crippen LogP contribution in [0.2, 0.25) is 10.0 Å². The van der Waals surface area contributed by atoms with E-state index >= 15 is 0 Å². The van der Waals surface area contributed by atoms with E-state index in [-0.39, 0.29) is 12.5 Å². The molecule has 0 radical (unpaired) electrons. The lowest BCUT2D eigenvalue weighted by Gasteiger charge is -2.17. The number of nitrogens with zero attached hydrogens (tertiary/aromatic N) is 1. The molecule has 8 heteroatoms. The maximum absolute atomic E-state index is 12.2. The lowest BCUT2D eigenvalue weighted by molar-refractivity contribution is 0.0955. The number of nitrogens with one attached hydrogen (secondary N) is 1. The third-order valence-electron chi connectivity index (χ3n) is 5.18. The first-order chi connectivity index (χ1) is 17.3. The number of hydrogen-bond donors (Lipinski definition) is 1. The molecule has 0 aromatic heterocycles. The van der Waals surface area contributed by atoms with E-state index < -0.39 is 0 Å². The number of carbonyl (C=O) groups excluding carboxylic acids is 1. The molecule has 0 unspecified atom stereocenters. The quantitative estimate of drug-likeness (QED) is 0.164. The summed E-state index contributed by atoms with van der Waals surface area (Å²) in [5.74, 6) is 1.74. The average molecular weight is 529 g/mol. The maximum atomic E-state index is 12.2. The Morgan fingerprint density at radius 3 is 2.50 bits per heavy atom. The van der Waals surface area contributed by atoms with Crippen LogP contribution in [0, 0.1) is 6.92 Å². The topological polar surface area (TPSA) is 69.2 Å². The van der Waals surface area contributed by atoms with Crippen LogP contribution in [-0.4, -0.2) is 31.9 Å². The summed E-state index contributed by atoms with van der Waals surface area (Å²) in [4.78, 5) is 12.2. The van der Waals surface area contributed by atoms with Crippen molar-refractivity contribution >= 4 is 35.3 Å². The van der Waals surface area contributed by atoms with Gasteiger partial charge in [0.1, 0.15) is 19.0 Å². The van der Waals surface area contributed by atoms with Crippen LogP contribution in [0.25, 0.3) is 0 Å². The molecular weight excluding hydrogens is 499 g/mol. The Morgan fingerprint density at radius 1 is 1.00 bits per heavy atom. The lowest BCUT2D eigenvalue weighted by atomic mass is 10.0. The number of hydrogen-bond acceptors (Lipinski definition) is 5. The Balaban J connectivity index is 1.64. The monoisotopic (exact) mass is 528 g/mol. The van der Waals surface area contributed by atoms with Gasteiger partial charge in [-0.1, -0.05) is 55.2 Å². The number of halogens is 2. The molecule has 6 nitrogen and oxygen atoms in total. The number of benzene rings is 3. The Labute approximate surface area is 222 Å². The fourth-order valence-electron chi connectivity index (χ4n) is 3.46. The smallest absolute Gasteiger partial charge is 0.271 e. The number of rotatable bonds is 11. The molecule has 3 aromatic carbocycles. The highest BCUT2D eigenvalue weighted by atomic mass is 35.5. The molecule has 0 saturated carbocycles. The molecule has 1 amide bonds. The van der Waals surface area contributed by atoms with Crippen LogP contribution in [0.3, 0.4) is 0 Å². The Kier molecular flexibility index (Phi) is 10.0. The molecule has 0 aliphatic rings. The van der Waals surface area contributed by atoms with E-state index in [1.165, 1.54) is 6.21 Å². The molecule has 3 rings (SSSR count). The van der Waals surface area contributed by atoms with Gasteiger partial charge < -0.3 is 14.2 Å². The molecular formula is C28H30Cl2N2O4. The van der Waals surface area contributed by atoms with E-state index in [9.17, 15) is 4.79 Å². The minimum absolute atomic E-state index is 0.286. The highest BCUT2D eigenvalue weighted by molar-refractivity contribution is 6.32. The maximum Gasteiger partial charge on any atom is 0.271 e. The summed E-state index contributed by atoms with van der Waals surface area (Å²) in [6, 6.07) is 16.3. The Morgan fingerprint density at radius 2 is 1.78 bits per heavy atom. The van der Waals surface area contributed by atoms with Gasteiger partial charge in [-0.05, 0) is 72.9 Å². The van der Waals surface area contributed by atoms with E-state index in [0.717, 1.165) is 16.9 Å². The fourth-order valence-corrected chi connectivity index (χ4v) is 3.93. The largest absolute Gasteiger partial charge is 0.490 e. The summed E-state index contributed by atoms with van der Waals surface area (Å²) in [6.45, 7) is 9.24. The summed E-state index contributed by atoms with van der Waals surface area (Å²) in [6.07, 6.45) is 1.48. The summed E-state index contributed by atoms with van der Waals surface area (Å²) in [7, 11) is 0. The first kappa shape index (κ1) is 27.4. The van der Waals surface area contributed by atoms with Crippen LogP contribution in [-0.2, 0) is 0 Å². The summed E-state index contributed by atoms with van der Waals surface area (Å²) >= 11 is 12.4. The summed E-state index contributed by atoms with van der Waals surface area (Å²) in [5, 5.41) is 4.85. The highest BCUT2D eigenvalue weighted by Gasteiger charge is 2.13. The molecule has 0 atom stereocenters. The predicted octanol–water partition coefficient (Wildman–Crippen LogP) is 7.05. The normalized spacial score (nSPS) is 11.1. The van der Waals surface area contributed by atoms with Gasteiger partial charge in [0.15, 0.2) is 11.5 Å². The van der Waals surface area contributed by atoms with Crippen molar-refractivity contribution in [2.45, 2.75) is 33.6 Å². The highest BCUT2D eigenvalue weighted by Crippen LogP contribution is 2.36. The first-order valence-corrected chi connectivity index (χ1v) is 12.5. The van der Waals surface area contributed by atoms with Crippen LogP contribution in [0.4, 0.5) is 0 Å². The molecule has 0 heterocycles. The van der Waals surface area contributed by atoms with Crippen LogP contribution in [0.1, 0.15) is 53.7 Å². The second kappa shape index (κ2) is 13.2. The van der Waals surface area contributed by atoms with Crippen molar-refractivity contribution in [1.82, 2.24) is 5.43 Å². The third-order valence-corrected chi connectivity index (χ3v) is 5.69. The second-order valence-corrected chi connectivity index (χ2v) is 9.21. The van der Waals surface area contributed by atoms with Gasteiger partial charge in [0, 0.05) is 10.6 Å². The predicted molar refractivity (Wildman–Crippen MR) is 145 cm³/mol. The van der Waals surface area contributed by atoms with Crippen LogP contribution in [0.5, 0.6) is 17.2 Å². The lowest BCUT2D eigenvalue weighted by Crippen LogP contribution is -2.17. The zero-order valence-corrected chi connectivity index (χ0v) is 22.3. The number of hydrazone groups is 1. The summed E-state index contributed by atoms with van der Waals surface area (Å²) < 4.78 is 17.7. The van der Waals surface area contributed by atoms with Crippen molar-refractivity contribution in [3.63, 3.8) is 0 Å². The van der Waals surface area contributed by atoms with Gasteiger partial charge in [0.25, 0.3) is 5.91 Å². The molecule has 1 N–H and O–H groups in total. The van der Waals surface area contributed by atoms with Crippen molar-refractivity contribution in [2.75, 3.05) is 19.8 Å². The van der Waals surface area contributed by atoms with Gasteiger partial charge in [-0.25, -0.2) is 5.43 Å². The van der Waals surface area contributed by atoms with E-state index in [2.05, 4.69) is 36.5 Å². The second-order valence-electron chi connectivity index (χ2n) is 8.37. The minimum atomic E-state index is -0.376. The molecule has 0 saturated heterocycles. The average Bonchev–Trinajstić information content (AvgIpc) is 2.83. The van der Waals surface area contributed by atoms with E-state index in [4.69, 9.17) is 37.4 Å². The van der Waals surface area contributed by atoms with Crippen molar-refractivity contribution in [1.29, 1.82) is 0 Å². The van der Waals surface area contributed by atoms with Crippen LogP contribution >= 0.6 is 23.2 Å². The molecule has 3 aromatic rings. The Bertz CT molecular complexity index is 1230. The van der Waals surface area contributed by atoms with Gasteiger partial charge in [0.2, 0.25) is 0 Å². The number of amides is 1. The molecule has 0 aliphatic carbocycles. The zero-order valence-electron chi connectivity index (χ0n) is 20.8. The number of aryl methyl sites for hydroxylation is 1. The third kappa shape index (κ3) is 7.64. The summed E-state index contributed by atoms with van der Waals surface area (Å²) in [5.41, 5.74) is 5.81. The van der Waals surface area contributed by atoms with Crippen molar-refractivity contribution < 1.29 is 19.0 Å². The van der Waals surface area contributed by atoms with E-state index in [1.807, 2.05) is 19.9 Å². The van der Waals surface area contributed by atoms with Gasteiger partial charge in [-0.2, -0.15) is 5.10 Å². The first-order valence-electron chi connectivity index (χ1n) is 11.7. The standard InChI is InChI=1S/C28H30Cl2N2O4/c1-5-34-26-15-20(17-31-32-28(33)21-7-6-8-22(29)16-21)14-24(30)27(26)36-12-11-35-25-13-19(4)9-10-23(25)18(2)3/h6-10,13-18H,5,11-12H2,1-4H3,(H,32,33)/b31-17-. The van der Waals surface area contributed by atoms with Crippen molar-refractivity contribution in [2.24, 2.45) is 5.10 Å². The number of carbonyl (C=O) groups is 1. The van der Waals surface area contributed by atoms with E-state index in [0.29, 0.717) is 51.8 Å². The van der Waals surface area contributed by atoms with Crippen molar-refractivity contribution in [3.8, 4) is 17.2 Å². The van der Waals surface area contributed by atoms with Gasteiger partial charge in [-0.15, -0.1) is 0 Å². The SMILES string of the molecule is CCOc1cc(/C=N\NC(=O)c2cccc(Cl)c2)cc(Cl)c1OCCOc1cc(C)ccc1C(C)C. The molecule has 190 valence electrons. The molecule has 0 fully saturated rings. The number of ether oxygens (including phenoxy) is 3. The van der Waals surface area contributed by atoms with Gasteiger partial charge >= 0.3 is 0 Å². The van der Waals surface area contributed by atoms with E-state index in [1.54, 1.807) is 36.4 Å². The zero-order chi connectivity index (χ0) is 26.1. The van der Waals surface area contributed by atoms with Crippen LogP contribution < -0.4 is 19.6 Å². The molecule has 0 aliphatic heterocycles. The Hall–Kier alpha value is -3.22. The minimum Gasteiger partial charge on any atom is -0.490 e. The van der Waals surface area contributed by atoms with Gasteiger partial charge in [-0.3, -0.25) is 4.79 Å². The van der Waals surface area contributed by atoms with Crippen molar-refractivity contribution in [3.05, 3.63) is 86.9 Å². The van der Waals surface area contributed by atoms with Gasteiger partial charge in [0.05, 0.1) is 17.8 Å². The van der Waals surface area contributed by atoms with Crippen LogP contribution in [0.15, 0.2) is 59.7 Å². The molecule has 0 bridgehead atoms.